The minimum Gasteiger partial charge on any atom is -0.326 e. The fourth-order valence-corrected chi connectivity index (χ4v) is 3.46. The highest BCUT2D eigenvalue weighted by Crippen LogP contribution is 2.22. The fraction of sp³-hybridized carbons (Fsp3) is 0.278. The molecule has 0 saturated carbocycles. The quantitative estimate of drug-likeness (QED) is 0.833. The van der Waals surface area contributed by atoms with Crippen LogP contribution < -0.4 is 9.62 Å². The lowest BCUT2D eigenvalue weighted by Crippen LogP contribution is -2.33. The van der Waals surface area contributed by atoms with Gasteiger partial charge in [0.15, 0.2) is 11.6 Å². The van der Waals surface area contributed by atoms with Crippen LogP contribution in [0.5, 0.6) is 0 Å². The number of hydrogen-bond acceptors (Lipinski definition) is 3. The van der Waals surface area contributed by atoms with Crippen molar-refractivity contribution in [3.05, 3.63) is 59.2 Å². The number of carbonyl (C=O) groups excluding carboxylic acids is 1. The van der Waals surface area contributed by atoms with Crippen LogP contribution in [-0.2, 0) is 14.8 Å². The van der Waals surface area contributed by atoms with Gasteiger partial charge in [0, 0.05) is 24.7 Å². The van der Waals surface area contributed by atoms with Crippen LogP contribution in [-0.4, -0.2) is 27.1 Å². The zero-order valence-corrected chi connectivity index (χ0v) is 15.5. The molecule has 0 aliphatic heterocycles. The van der Waals surface area contributed by atoms with E-state index in [4.69, 9.17) is 0 Å². The van der Waals surface area contributed by atoms with Gasteiger partial charge in [0.1, 0.15) is 0 Å². The van der Waals surface area contributed by atoms with Crippen LogP contribution in [0.15, 0.2) is 36.4 Å². The molecular formula is C18H20F2N2O3S. The van der Waals surface area contributed by atoms with Gasteiger partial charge in [-0.05, 0) is 37.1 Å². The van der Waals surface area contributed by atoms with Crippen LogP contribution in [0.2, 0.25) is 0 Å². The van der Waals surface area contributed by atoms with Crippen molar-refractivity contribution in [3.8, 4) is 0 Å². The number of benzene rings is 2. The second-order valence-electron chi connectivity index (χ2n) is 6.00. The van der Waals surface area contributed by atoms with E-state index >= 15 is 0 Å². The number of carbonyl (C=O) groups is 1. The molecule has 0 unspecified atom stereocenters. The fourth-order valence-electron chi connectivity index (χ4n) is 2.54. The van der Waals surface area contributed by atoms with Gasteiger partial charge in [-0.3, -0.25) is 9.10 Å². The van der Waals surface area contributed by atoms with Crippen molar-refractivity contribution in [2.75, 3.05) is 22.4 Å². The van der Waals surface area contributed by atoms with Crippen LogP contribution in [0.3, 0.4) is 0 Å². The number of sulfonamides is 1. The van der Waals surface area contributed by atoms with Crippen molar-refractivity contribution in [2.45, 2.75) is 20.3 Å². The standard InChI is InChI=1S/C18H20F2N2O3S/c1-12-5-4-6-13(2)18(12)21-17(23)9-10-22(26(3,24)25)14-7-8-15(19)16(20)11-14/h4-8,11H,9-10H2,1-3H3,(H,21,23). The van der Waals surface area contributed by atoms with Crippen LogP contribution in [0.1, 0.15) is 17.5 Å². The number of amides is 1. The number of para-hydroxylation sites is 1. The third kappa shape index (κ3) is 4.78. The molecule has 8 heteroatoms. The number of nitrogens with zero attached hydrogens (tertiary/aromatic N) is 1. The SMILES string of the molecule is Cc1cccc(C)c1NC(=O)CCN(c1ccc(F)c(F)c1)S(C)(=O)=O. The summed E-state index contributed by atoms with van der Waals surface area (Å²) in [5.74, 6) is -2.61. The van der Waals surface area contributed by atoms with E-state index in [1.54, 1.807) is 0 Å². The number of hydrogen-bond donors (Lipinski definition) is 1. The Labute approximate surface area is 151 Å². The molecule has 26 heavy (non-hydrogen) atoms. The summed E-state index contributed by atoms with van der Waals surface area (Å²) in [7, 11) is -3.77. The Balaban J connectivity index is 2.15. The topological polar surface area (TPSA) is 66.5 Å². The molecule has 0 aliphatic rings. The molecule has 0 saturated heterocycles. The number of anilines is 2. The van der Waals surface area contributed by atoms with Crippen molar-refractivity contribution in [1.82, 2.24) is 0 Å². The smallest absolute Gasteiger partial charge is 0.232 e. The summed E-state index contributed by atoms with van der Waals surface area (Å²) >= 11 is 0. The molecule has 0 radical (unpaired) electrons. The van der Waals surface area contributed by atoms with Crippen LogP contribution in [0.4, 0.5) is 20.2 Å². The largest absolute Gasteiger partial charge is 0.326 e. The summed E-state index contributed by atoms with van der Waals surface area (Å²) in [5, 5.41) is 2.76. The first-order valence-electron chi connectivity index (χ1n) is 7.88. The van der Waals surface area contributed by atoms with E-state index in [2.05, 4.69) is 5.32 Å². The van der Waals surface area contributed by atoms with Gasteiger partial charge < -0.3 is 5.32 Å². The summed E-state index contributed by atoms with van der Waals surface area (Å²) in [5.41, 5.74) is 2.42. The molecule has 0 heterocycles. The number of halogens is 2. The number of nitrogens with one attached hydrogen (secondary N) is 1. The van der Waals surface area contributed by atoms with Gasteiger partial charge in [-0.25, -0.2) is 17.2 Å². The Bertz CT molecular complexity index is 910. The number of rotatable bonds is 6. The Kier molecular flexibility index (Phi) is 5.97. The van der Waals surface area contributed by atoms with E-state index in [0.29, 0.717) is 5.69 Å². The lowest BCUT2D eigenvalue weighted by molar-refractivity contribution is -0.116. The molecule has 2 rings (SSSR count). The second-order valence-corrected chi connectivity index (χ2v) is 7.91. The summed E-state index contributed by atoms with van der Waals surface area (Å²) in [6, 6.07) is 8.37. The minimum absolute atomic E-state index is 0.0359. The Morgan fingerprint density at radius 2 is 1.69 bits per heavy atom. The van der Waals surface area contributed by atoms with Crippen molar-refractivity contribution in [1.29, 1.82) is 0 Å². The summed E-state index contributed by atoms with van der Waals surface area (Å²) in [4.78, 5) is 12.2. The molecule has 0 bridgehead atoms. The van der Waals surface area contributed by atoms with Gasteiger partial charge in [0.05, 0.1) is 11.9 Å². The predicted molar refractivity (Wildman–Crippen MR) is 97.7 cm³/mol. The van der Waals surface area contributed by atoms with E-state index in [1.807, 2.05) is 32.0 Å². The van der Waals surface area contributed by atoms with Gasteiger partial charge in [-0.2, -0.15) is 0 Å². The van der Waals surface area contributed by atoms with E-state index < -0.39 is 21.7 Å². The van der Waals surface area contributed by atoms with E-state index in [9.17, 15) is 22.0 Å². The molecule has 5 nitrogen and oxygen atoms in total. The van der Waals surface area contributed by atoms with Crippen molar-refractivity contribution in [3.63, 3.8) is 0 Å². The third-order valence-corrected chi connectivity index (χ3v) is 5.07. The predicted octanol–water partition coefficient (Wildman–Crippen LogP) is 3.38. The average Bonchev–Trinajstić information content (AvgIpc) is 2.53. The highest BCUT2D eigenvalue weighted by atomic mass is 32.2. The molecule has 0 spiro atoms. The third-order valence-electron chi connectivity index (χ3n) is 3.88. The Morgan fingerprint density at radius 3 is 2.23 bits per heavy atom. The van der Waals surface area contributed by atoms with E-state index in [-0.39, 0.29) is 24.6 Å². The van der Waals surface area contributed by atoms with Gasteiger partial charge >= 0.3 is 0 Å². The molecule has 0 aromatic heterocycles. The van der Waals surface area contributed by atoms with Gasteiger partial charge in [0.2, 0.25) is 15.9 Å². The average molecular weight is 382 g/mol. The van der Waals surface area contributed by atoms with Gasteiger partial charge in [0.25, 0.3) is 0 Å². The van der Waals surface area contributed by atoms with E-state index in [1.165, 1.54) is 0 Å². The zero-order chi connectivity index (χ0) is 19.5. The van der Waals surface area contributed by atoms with Gasteiger partial charge in [-0.15, -0.1) is 0 Å². The minimum atomic E-state index is -3.77. The van der Waals surface area contributed by atoms with Crippen molar-refractivity contribution in [2.24, 2.45) is 0 Å². The molecule has 1 N–H and O–H groups in total. The summed E-state index contributed by atoms with van der Waals surface area (Å²) < 4.78 is 51.4. The molecular weight excluding hydrogens is 362 g/mol. The maximum atomic E-state index is 13.4. The molecule has 140 valence electrons. The molecule has 0 fully saturated rings. The Morgan fingerprint density at radius 1 is 1.08 bits per heavy atom. The molecule has 2 aromatic rings. The highest BCUT2D eigenvalue weighted by Gasteiger charge is 2.20. The monoisotopic (exact) mass is 382 g/mol. The van der Waals surface area contributed by atoms with E-state index in [0.717, 1.165) is 39.9 Å². The molecule has 0 aliphatic carbocycles. The first-order valence-corrected chi connectivity index (χ1v) is 9.73. The Hall–Kier alpha value is -2.48. The first-order chi connectivity index (χ1) is 12.1. The maximum absolute atomic E-state index is 13.4. The van der Waals surface area contributed by atoms with Crippen LogP contribution in [0.25, 0.3) is 0 Å². The van der Waals surface area contributed by atoms with Crippen molar-refractivity contribution < 1.29 is 22.0 Å². The van der Waals surface area contributed by atoms with Crippen molar-refractivity contribution >= 4 is 27.3 Å². The van der Waals surface area contributed by atoms with Crippen LogP contribution in [0, 0.1) is 25.5 Å². The van der Waals surface area contributed by atoms with Crippen LogP contribution >= 0.6 is 0 Å². The first kappa shape index (κ1) is 19.8. The highest BCUT2D eigenvalue weighted by molar-refractivity contribution is 7.92. The maximum Gasteiger partial charge on any atom is 0.232 e. The number of aryl methyl sites for hydroxylation is 2. The summed E-state index contributed by atoms with van der Waals surface area (Å²) in [6.45, 7) is 3.51. The second kappa shape index (κ2) is 7.82. The molecule has 1 amide bonds. The lowest BCUT2D eigenvalue weighted by Gasteiger charge is -2.22. The lowest BCUT2D eigenvalue weighted by atomic mass is 10.1. The zero-order valence-electron chi connectivity index (χ0n) is 14.7. The summed E-state index contributed by atoms with van der Waals surface area (Å²) in [6.07, 6.45) is 0.803. The molecule has 0 atom stereocenters. The van der Waals surface area contributed by atoms with Gasteiger partial charge in [-0.1, -0.05) is 18.2 Å². The normalized spacial score (nSPS) is 11.3. The molecule has 2 aromatic carbocycles.